The minimum Gasteiger partial charge on any atom is -0.493 e. The van der Waals surface area contributed by atoms with E-state index in [9.17, 15) is 9.90 Å². The highest BCUT2D eigenvalue weighted by atomic mass is 16.6. The van der Waals surface area contributed by atoms with Crippen LogP contribution in [0.4, 0.5) is 4.79 Å². The highest BCUT2D eigenvalue weighted by Crippen LogP contribution is 2.36. The molecule has 1 saturated heterocycles. The molecule has 9 heteroatoms. The second kappa shape index (κ2) is 16.1. The second-order valence-electron chi connectivity index (χ2n) is 13.8. The van der Waals surface area contributed by atoms with Gasteiger partial charge in [0.1, 0.15) is 17.6 Å². The van der Waals surface area contributed by atoms with E-state index in [4.69, 9.17) is 23.7 Å². The Morgan fingerprint density at radius 1 is 1.07 bits per heavy atom. The van der Waals surface area contributed by atoms with E-state index in [0.717, 1.165) is 30.8 Å². The summed E-state index contributed by atoms with van der Waals surface area (Å²) in [6.45, 7) is 19.3. The SMILES string of the molecule is COCCCOc1cc(C[C@@H](C[C@@H]2NC(C)(C)O[C@H]2C[C@@H](C(C)C)C(O)NC(=O)OC(C)(C)C)C(C)C)ccc1OC. The van der Waals surface area contributed by atoms with Crippen molar-refractivity contribution in [3.63, 3.8) is 0 Å². The molecule has 1 aromatic carbocycles. The van der Waals surface area contributed by atoms with Crippen LogP contribution in [0, 0.1) is 23.7 Å². The van der Waals surface area contributed by atoms with Crippen LogP contribution in [0.3, 0.4) is 0 Å². The Balaban J connectivity index is 2.17. The highest BCUT2D eigenvalue weighted by Gasteiger charge is 2.43. The van der Waals surface area contributed by atoms with Crippen molar-refractivity contribution in [3.8, 4) is 11.5 Å². The Morgan fingerprint density at radius 2 is 1.76 bits per heavy atom. The summed E-state index contributed by atoms with van der Waals surface area (Å²) >= 11 is 0. The van der Waals surface area contributed by atoms with Gasteiger partial charge in [0.25, 0.3) is 0 Å². The number of nitrogens with one attached hydrogen (secondary N) is 2. The molecule has 42 heavy (non-hydrogen) atoms. The van der Waals surface area contributed by atoms with Crippen LogP contribution in [0.15, 0.2) is 18.2 Å². The predicted octanol–water partition coefficient (Wildman–Crippen LogP) is 5.91. The van der Waals surface area contributed by atoms with Gasteiger partial charge in [-0.3, -0.25) is 10.6 Å². The van der Waals surface area contributed by atoms with Gasteiger partial charge in [0.15, 0.2) is 11.5 Å². The topological polar surface area (TPSA) is 108 Å². The molecule has 0 aliphatic carbocycles. The Hall–Kier alpha value is -2.07. The van der Waals surface area contributed by atoms with E-state index >= 15 is 0 Å². The lowest BCUT2D eigenvalue weighted by atomic mass is 9.80. The third-order valence-electron chi connectivity index (χ3n) is 7.83. The quantitative estimate of drug-likeness (QED) is 0.160. The van der Waals surface area contributed by atoms with Crippen molar-refractivity contribution in [3.05, 3.63) is 23.8 Å². The van der Waals surface area contributed by atoms with E-state index in [0.29, 0.717) is 31.5 Å². The van der Waals surface area contributed by atoms with Gasteiger partial charge in [-0.2, -0.15) is 0 Å². The molecule has 0 aromatic heterocycles. The maximum absolute atomic E-state index is 12.4. The monoisotopic (exact) mass is 594 g/mol. The van der Waals surface area contributed by atoms with Gasteiger partial charge in [-0.15, -0.1) is 0 Å². The van der Waals surface area contributed by atoms with Crippen LogP contribution in [-0.4, -0.2) is 68.3 Å². The number of methoxy groups -OCH3 is 2. The number of ether oxygens (including phenoxy) is 5. The molecule has 1 aliphatic rings. The Bertz CT molecular complexity index is 960. The molecule has 1 unspecified atom stereocenters. The normalized spacial score (nSPS) is 20.8. The molecule has 0 bridgehead atoms. The molecule has 1 fully saturated rings. The predicted molar refractivity (Wildman–Crippen MR) is 166 cm³/mol. The van der Waals surface area contributed by atoms with Gasteiger partial charge < -0.3 is 28.8 Å². The summed E-state index contributed by atoms with van der Waals surface area (Å²) in [5, 5.41) is 17.4. The zero-order valence-electron chi connectivity index (χ0n) is 27.9. The molecule has 1 aliphatic heterocycles. The molecule has 0 radical (unpaired) electrons. The molecule has 5 atom stereocenters. The van der Waals surface area contributed by atoms with Crippen molar-refractivity contribution in [2.75, 3.05) is 27.4 Å². The molecule has 3 N–H and O–H groups in total. The molecule has 1 heterocycles. The minimum absolute atomic E-state index is 0.0883. The molecule has 1 aromatic rings. The summed E-state index contributed by atoms with van der Waals surface area (Å²) in [7, 11) is 3.35. The first-order valence-corrected chi connectivity index (χ1v) is 15.5. The fraction of sp³-hybridized carbons (Fsp3) is 0.788. The number of aliphatic hydroxyl groups excluding tert-OH is 1. The van der Waals surface area contributed by atoms with Gasteiger partial charge in [-0.05, 0) is 89.3 Å². The van der Waals surface area contributed by atoms with Crippen LogP contribution in [0.25, 0.3) is 0 Å². The molecular formula is C33H58N2O7. The van der Waals surface area contributed by atoms with Crippen molar-refractivity contribution in [1.29, 1.82) is 0 Å². The number of rotatable bonds is 16. The van der Waals surface area contributed by atoms with Crippen LogP contribution in [0.5, 0.6) is 11.5 Å². The number of aliphatic hydroxyl groups is 1. The number of carbonyl (C=O) groups excluding carboxylic acids is 1. The third-order valence-corrected chi connectivity index (χ3v) is 7.83. The van der Waals surface area contributed by atoms with Crippen molar-refractivity contribution in [2.24, 2.45) is 23.7 Å². The first-order valence-electron chi connectivity index (χ1n) is 15.5. The summed E-state index contributed by atoms with van der Waals surface area (Å²) in [6.07, 6.45) is 1.41. The van der Waals surface area contributed by atoms with Gasteiger partial charge in [0.2, 0.25) is 0 Å². The lowest BCUT2D eigenvalue weighted by Crippen LogP contribution is -2.46. The first-order chi connectivity index (χ1) is 19.5. The summed E-state index contributed by atoms with van der Waals surface area (Å²) < 4.78 is 28.6. The third kappa shape index (κ3) is 11.9. The fourth-order valence-electron chi connectivity index (χ4n) is 5.59. The average molecular weight is 595 g/mol. The number of amides is 1. The van der Waals surface area contributed by atoms with E-state index in [-0.39, 0.29) is 24.0 Å². The molecule has 2 rings (SSSR count). The van der Waals surface area contributed by atoms with Crippen LogP contribution in [-0.2, 0) is 20.6 Å². The zero-order valence-corrected chi connectivity index (χ0v) is 27.9. The van der Waals surface area contributed by atoms with E-state index in [1.54, 1.807) is 35.0 Å². The highest BCUT2D eigenvalue weighted by molar-refractivity contribution is 5.67. The number of hydrogen-bond donors (Lipinski definition) is 3. The number of hydrogen-bond acceptors (Lipinski definition) is 8. The van der Waals surface area contributed by atoms with E-state index in [2.05, 4.69) is 50.5 Å². The maximum atomic E-state index is 12.4. The van der Waals surface area contributed by atoms with Gasteiger partial charge in [0, 0.05) is 32.1 Å². The van der Waals surface area contributed by atoms with Crippen LogP contribution < -0.4 is 20.1 Å². The summed E-state index contributed by atoms with van der Waals surface area (Å²) in [6, 6.07) is 6.27. The zero-order chi connectivity index (χ0) is 31.7. The molecular weight excluding hydrogens is 536 g/mol. The lowest BCUT2D eigenvalue weighted by molar-refractivity contribution is -0.0539. The Morgan fingerprint density at radius 3 is 2.33 bits per heavy atom. The van der Waals surface area contributed by atoms with E-state index in [1.807, 2.05) is 19.9 Å². The summed E-state index contributed by atoms with van der Waals surface area (Å²) in [5.41, 5.74) is 0.0610. The van der Waals surface area contributed by atoms with E-state index in [1.165, 1.54) is 5.56 Å². The largest absolute Gasteiger partial charge is 0.493 e. The maximum Gasteiger partial charge on any atom is 0.409 e. The fourth-order valence-corrected chi connectivity index (χ4v) is 5.59. The second-order valence-corrected chi connectivity index (χ2v) is 13.8. The van der Waals surface area contributed by atoms with Crippen LogP contribution in [0.2, 0.25) is 0 Å². The van der Waals surface area contributed by atoms with Crippen molar-refractivity contribution in [2.45, 2.75) is 118 Å². The van der Waals surface area contributed by atoms with Crippen LogP contribution in [0.1, 0.15) is 87.1 Å². The Kier molecular flexibility index (Phi) is 13.9. The van der Waals surface area contributed by atoms with E-state index < -0.39 is 23.6 Å². The molecule has 0 spiro atoms. The number of alkyl carbamates (subject to hydrolysis) is 1. The summed E-state index contributed by atoms with van der Waals surface area (Å²) in [4.78, 5) is 12.4. The average Bonchev–Trinajstić information content (AvgIpc) is 3.15. The van der Waals surface area contributed by atoms with Crippen LogP contribution >= 0.6 is 0 Å². The van der Waals surface area contributed by atoms with Gasteiger partial charge in [0.05, 0.1) is 19.8 Å². The minimum atomic E-state index is -1.05. The van der Waals surface area contributed by atoms with Crippen molar-refractivity contribution < 1.29 is 33.6 Å². The smallest absolute Gasteiger partial charge is 0.409 e. The Labute approximate surface area is 254 Å². The molecule has 9 nitrogen and oxygen atoms in total. The first kappa shape index (κ1) is 36.1. The number of carbonyl (C=O) groups is 1. The summed E-state index contributed by atoms with van der Waals surface area (Å²) in [5.74, 6) is 2.19. The van der Waals surface area contributed by atoms with Gasteiger partial charge in [-0.25, -0.2) is 4.79 Å². The lowest BCUT2D eigenvalue weighted by Gasteiger charge is -2.32. The standard InChI is InChI=1S/C33H58N2O7/c1-21(2)24(17-23-13-14-27(39-11)29(18-23)40-16-12-15-38-10)19-26-28(41-33(8,9)35-26)20-25(22(3)4)30(36)34-31(37)42-32(5,6)7/h13-14,18,21-22,24-26,28,30,35-36H,12,15-17,19-20H2,1-11H3,(H,34,37)/t24-,25-,26-,28-,30?/m0/s1. The van der Waals surface area contributed by atoms with Crippen molar-refractivity contribution in [1.82, 2.24) is 10.6 Å². The van der Waals surface area contributed by atoms with Gasteiger partial charge >= 0.3 is 6.09 Å². The molecule has 242 valence electrons. The number of benzene rings is 1. The molecule has 0 saturated carbocycles. The molecule has 1 amide bonds. The van der Waals surface area contributed by atoms with Gasteiger partial charge in [-0.1, -0.05) is 33.8 Å². The van der Waals surface area contributed by atoms with Crippen molar-refractivity contribution >= 4 is 6.09 Å².